The van der Waals surface area contributed by atoms with E-state index in [2.05, 4.69) is 11.1 Å². The van der Waals surface area contributed by atoms with Crippen molar-refractivity contribution in [3.05, 3.63) is 46.4 Å². The van der Waals surface area contributed by atoms with Gasteiger partial charge in [-0.25, -0.2) is 4.98 Å². The molecule has 0 radical (unpaired) electrons. The van der Waals surface area contributed by atoms with E-state index in [0.29, 0.717) is 6.61 Å². The Bertz CT molecular complexity index is 454. The molecule has 0 bridgehead atoms. The number of hydrogen-bond donors (Lipinski definition) is 1. The first-order valence-electron chi connectivity index (χ1n) is 5.60. The molecule has 0 aliphatic rings. The highest BCUT2D eigenvalue weighted by Gasteiger charge is 2.01. The van der Waals surface area contributed by atoms with Crippen LogP contribution in [0.2, 0.25) is 0 Å². The molecule has 2 aromatic rings. The quantitative estimate of drug-likeness (QED) is 0.884. The number of ether oxygens (including phenoxy) is 1. The maximum Gasteiger partial charge on any atom is 0.140 e. The van der Waals surface area contributed by atoms with Crippen LogP contribution in [0.25, 0.3) is 0 Å². The Morgan fingerprint density at radius 2 is 2.35 bits per heavy atom. The SMILES string of the molecule is CC(N)Cc1cccc(OCc2nccs2)c1. The zero-order chi connectivity index (χ0) is 12.1. The van der Waals surface area contributed by atoms with Crippen LogP contribution in [-0.2, 0) is 13.0 Å². The zero-order valence-corrected chi connectivity index (χ0v) is 10.6. The van der Waals surface area contributed by atoms with Crippen molar-refractivity contribution in [2.75, 3.05) is 0 Å². The molecule has 0 spiro atoms. The van der Waals surface area contributed by atoms with Gasteiger partial charge in [-0.2, -0.15) is 0 Å². The molecule has 1 atom stereocenters. The second-order valence-corrected chi connectivity index (χ2v) is 5.02. The van der Waals surface area contributed by atoms with Crippen LogP contribution in [0.3, 0.4) is 0 Å². The zero-order valence-electron chi connectivity index (χ0n) is 9.80. The largest absolute Gasteiger partial charge is 0.486 e. The molecule has 3 nitrogen and oxygen atoms in total. The van der Waals surface area contributed by atoms with Gasteiger partial charge in [0.05, 0.1) is 0 Å². The summed E-state index contributed by atoms with van der Waals surface area (Å²) in [5.41, 5.74) is 6.98. The predicted octanol–water partition coefficient (Wildman–Crippen LogP) is 2.61. The summed E-state index contributed by atoms with van der Waals surface area (Å²) < 4.78 is 5.68. The summed E-state index contributed by atoms with van der Waals surface area (Å²) in [5.74, 6) is 0.873. The summed E-state index contributed by atoms with van der Waals surface area (Å²) in [7, 11) is 0. The minimum absolute atomic E-state index is 0.171. The molecule has 2 N–H and O–H groups in total. The average Bonchev–Trinajstić information content (AvgIpc) is 2.79. The smallest absolute Gasteiger partial charge is 0.140 e. The number of rotatable bonds is 5. The summed E-state index contributed by atoms with van der Waals surface area (Å²) in [6.07, 6.45) is 2.66. The lowest BCUT2D eigenvalue weighted by molar-refractivity contribution is 0.305. The van der Waals surface area contributed by atoms with Crippen molar-refractivity contribution in [3.63, 3.8) is 0 Å². The number of nitrogens with zero attached hydrogens (tertiary/aromatic N) is 1. The summed E-state index contributed by atoms with van der Waals surface area (Å²) in [6, 6.07) is 8.23. The molecule has 1 aromatic carbocycles. The van der Waals surface area contributed by atoms with Crippen molar-refractivity contribution in [1.82, 2.24) is 4.98 Å². The highest BCUT2D eigenvalue weighted by atomic mass is 32.1. The van der Waals surface area contributed by atoms with Gasteiger partial charge in [-0.05, 0) is 31.0 Å². The molecule has 4 heteroatoms. The van der Waals surface area contributed by atoms with Gasteiger partial charge in [-0.1, -0.05) is 12.1 Å². The van der Waals surface area contributed by atoms with Gasteiger partial charge >= 0.3 is 0 Å². The Balaban J connectivity index is 1.96. The fraction of sp³-hybridized carbons (Fsp3) is 0.308. The normalized spacial score (nSPS) is 12.4. The topological polar surface area (TPSA) is 48.1 Å². The summed E-state index contributed by atoms with van der Waals surface area (Å²) in [6.45, 7) is 2.53. The highest BCUT2D eigenvalue weighted by molar-refractivity contribution is 7.09. The third kappa shape index (κ3) is 3.84. The van der Waals surface area contributed by atoms with Gasteiger partial charge in [0.1, 0.15) is 17.4 Å². The monoisotopic (exact) mass is 248 g/mol. The van der Waals surface area contributed by atoms with Gasteiger partial charge in [-0.15, -0.1) is 11.3 Å². The second-order valence-electron chi connectivity index (χ2n) is 4.04. The van der Waals surface area contributed by atoms with E-state index in [4.69, 9.17) is 10.5 Å². The molecular formula is C13H16N2OS. The maximum atomic E-state index is 5.78. The average molecular weight is 248 g/mol. The van der Waals surface area contributed by atoms with Gasteiger partial charge in [0.2, 0.25) is 0 Å². The molecule has 2 rings (SSSR count). The lowest BCUT2D eigenvalue weighted by Gasteiger charge is -2.08. The number of aromatic nitrogens is 1. The van der Waals surface area contributed by atoms with Crippen LogP contribution in [0.15, 0.2) is 35.8 Å². The fourth-order valence-electron chi connectivity index (χ4n) is 1.60. The maximum absolute atomic E-state index is 5.78. The van der Waals surface area contributed by atoms with Crippen molar-refractivity contribution in [2.45, 2.75) is 26.0 Å². The lowest BCUT2D eigenvalue weighted by atomic mass is 10.1. The Hall–Kier alpha value is -1.39. The molecule has 17 heavy (non-hydrogen) atoms. The Morgan fingerprint density at radius 3 is 3.06 bits per heavy atom. The first-order chi connectivity index (χ1) is 8.24. The number of thiazole rings is 1. The van der Waals surface area contributed by atoms with Crippen molar-refractivity contribution in [2.24, 2.45) is 5.73 Å². The molecule has 1 heterocycles. The van der Waals surface area contributed by atoms with E-state index < -0.39 is 0 Å². The first kappa shape index (κ1) is 12.1. The van der Waals surface area contributed by atoms with Crippen LogP contribution in [-0.4, -0.2) is 11.0 Å². The molecule has 0 saturated carbocycles. The van der Waals surface area contributed by atoms with Crippen molar-refractivity contribution in [3.8, 4) is 5.75 Å². The van der Waals surface area contributed by atoms with Gasteiger partial charge in [0.15, 0.2) is 0 Å². The van der Waals surface area contributed by atoms with Crippen LogP contribution in [0.5, 0.6) is 5.75 Å². The van der Waals surface area contributed by atoms with Crippen LogP contribution in [0.1, 0.15) is 17.5 Å². The first-order valence-corrected chi connectivity index (χ1v) is 6.47. The summed E-state index contributed by atoms with van der Waals surface area (Å²) in [4.78, 5) is 4.18. The van der Waals surface area contributed by atoms with E-state index in [-0.39, 0.29) is 6.04 Å². The van der Waals surface area contributed by atoms with E-state index in [1.165, 1.54) is 5.56 Å². The van der Waals surface area contributed by atoms with Crippen molar-refractivity contribution >= 4 is 11.3 Å². The summed E-state index contributed by atoms with van der Waals surface area (Å²) in [5, 5.41) is 2.94. The minimum atomic E-state index is 0.171. The van der Waals surface area contributed by atoms with Crippen LogP contribution >= 0.6 is 11.3 Å². The predicted molar refractivity (Wildman–Crippen MR) is 70.2 cm³/mol. The highest BCUT2D eigenvalue weighted by Crippen LogP contribution is 2.16. The van der Waals surface area contributed by atoms with E-state index in [9.17, 15) is 0 Å². The standard InChI is InChI=1S/C13H16N2OS/c1-10(14)7-11-3-2-4-12(8-11)16-9-13-15-5-6-17-13/h2-6,8,10H,7,9,14H2,1H3. The molecule has 90 valence electrons. The fourth-order valence-corrected chi connectivity index (χ4v) is 2.13. The molecule has 1 unspecified atom stereocenters. The molecule has 0 aliphatic heterocycles. The minimum Gasteiger partial charge on any atom is -0.486 e. The Labute approximate surface area is 105 Å². The van der Waals surface area contributed by atoms with Gasteiger partial charge < -0.3 is 10.5 Å². The molecule has 0 fully saturated rings. The molecule has 0 saturated heterocycles. The second kappa shape index (κ2) is 5.80. The van der Waals surface area contributed by atoms with E-state index in [0.717, 1.165) is 17.2 Å². The van der Waals surface area contributed by atoms with Crippen molar-refractivity contribution < 1.29 is 4.74 Å². The Morgan fingerprint density at radius 1 is 1.47 bits per heavy atom. The number of benzene rings is 1. The molecular weight excluding hydrogens is 232 g/mol. The molecule has 0 amide bonds. The van der Waals surface area contributed by atoms with Crippen molar-refractivity contribution in [1.29, 1.82) is 0 Å². The van der Waals surface area contributed by atoms with E-state index >= 15 is 0 Å². The summed E-state index contributed by atoms with van der Waals surface area (Å²) >= 11 is 1.60. The van der Waals surface area contributed by atoms with Crippen LogP contribution < -0.4 is 10.5 Å². The third-order valence-corrected chi connectivity index (χ3v) is 3.06. The number of hydrogen-bond acceptors (Lipinski definition) is 4. The van der Waals surface area contributed by atoms with Gasteiger partial charge in [0.25, 0.3) is 0 Å². The molecule has 0 aliphatic carbocycles. The number of nitrogens with two attached hydrogens (primary N) is 1. The van der Waals surface area contributed by atoms with E-state index in [1.807, 2.05) is 30.5 Å². The van der Waals surface area contributed by atoms with Gasteiger partial charge in [-0.3, -0.25) is 0 Å². The van der Waals surface area contributed by atoms with Crippen LogP contribution in [0, 0.1) is 0 Å². The lowest BCUT2D eigenvalue weighted by Crippen LogP contribution is -2.17. The molecule has 1 aromatic heterocycles. The van der Waals surface area contributed by atoms with E-state index in [1.54, 1.807) is 17.5 Å². The Kier molecular flexibility index (Phi) is 4.12. The van der Waals surface area contributed by atoms with Gasteiger partial charge in [0, 0.05) is 17.6 Å². The van der Waals surface area contributed by atoms with Crippen LogP contribution in [0.4, 0.5) is 0 Å². The third-order valence-electron chi connectivity index (χ3n) is 2.30.